The van der Waals surface area contributed by atoms with Gasteiger partial charge in [0.05, 0.1) is 17.9 Å². The molecular weight excluding hydrogens is 340 g/mol. The Balaban J connectivity index is 1.52. The van der Waals surface area contributed by atoms with Crippen LogP contribution in [0.1, 0.15) is 50.6 Å². The summed E-state index contributed by atoms with van der Waals surface area (Å²) in [6, 6.07) is 7.14. The first-order chi connectivity index (χ1) is 12.0. The molecule has 5 nitrogen and oxygen atoms in total. The van der Waals surface area contributed by atoms with Gasteiger partial charge in [0, 0.05) is 18.0 Å². The molecule has 134 valence electrons. The number of halogens is 1. The van der Waals surface area contributed by atoms with Gasteiger partial charge < -0.3 is 5.32 Å². The fourth-order valence-electron chi connectivity index (χ4n) is 3.81. The third-order valence-electron chi connectivity index (χ3n) is 5.24. The lowest BCUT2D eigenvalue weighted by molar-refractivity contribution is -0.140. The van der Waals surface area contributed by atoms with E-state index >= 15 is 0 Å². The minimum absolute atomic E-state index is 0.0896. The maximum Gasteiger partial charge on any atom is 0.233 e. The van der Waals surface area contributed by atoms with E-state index in [4.69, 9.17) is 11.6 Å². The van der Waals surface area contributed by atoms with Crippen molar-refractivity contribution in [3.05, 3.63) is 34.9 Å². The molecule has 1 aliphatic carbocycles. The molecular formula is C19H23ClN2O3. The predicted octanol–water partition coefficient (Wildman–Crippen LogP) is 3.08. The van der Waals surface area contributed by atoms with Crippen LogP contribution in [0.15, 0.2) is 24.3 Å². The summed E-state index contributed by atoms with van der Waals surface area (Å²) in [7, 11) is 0. The summed E-state index contributed by atoms with van der Waals surface area (Å²) in [6.07, 6.45) is 3.74. The van der Waals surface area contributed by atoms with Crippen LogP contribution in [0, 0.1) is 11.8 Å². The molecule has 25 heavy (non-hydrogen) atoms. The summed E-state index contributed by atoms with van der Waals surface area (Å²) < 4.78 is 0. The minimum atomic E-state index is -0.169. The summed E-state index contributed by atoms with van der Waals surface area (Å²) >= 11 is 5.87. The van der Waals surface area contributed by atoms with Gasteiger partial charge in [-0.2, -0.15) is 0 Å². The Labute approximate surface area is 152 Å². The molecule has 1 aromatic rings. The van der Waals surface area contributed by atoms with Gasteiger partial charge in [-0.15, -0.1) is 0 Å². The highest BCUT2D eigenvalue weighted by molar-refractivity contribution is 6.30. The number of carbonyl (C=O) groups excluding carboxylic acids is 3. The van der Waals surface area contributed by atoms with Crippen molar-refractivity contribution in [2.45, 2.75) is 45.1 Å². The van der Waals surface area contributed by atoms with Gasteiger partial charge in [-0.05, 0) is 37.5 Å². The molecule has 0 bridgehead atoms. The summed E-state index contributed by atoms with van der Waals surface area (Å²) in [6.45, 7) is 2.06. The third-order valence-corrected chi connectivity index (χ3v) is 5.49. The molecule has 6 heteroatoms. The molecule has 2 aliphatic rings. The van der Waals surface area contributed by atoms with Crippen molar-refractivity contribution in [2.75, 3.05) is 6.54 Å². The molecule has 0 unspecified atom stereocenters. The fourth-order valence-corrected chi connectivity index (χ4v) is 3.94. The van der Waals surface area contributed by atoms with Crippen LogP contribution in [0.3, 0.4) is 0 Å². The van der Waals surface area contributed by atoms with Crippen LogP contribution in [0.5, 0.6) is 0 Å². The second-order valence-corrected chi connectivity index (χ2v) is 7.35. The van der Waals surface area contributed by atoms with Gasteiger partial charge in [0.15, 0.2) is 0 Å². The summed E-state index contributed by atoms with van der Waals surface area (Å²) in [5, 5.41) is 3.55. The van der Waals surface area contributed by atoms with E-state index in [0.29, 0.717) is 5.02 Å². The van der Waals surface area contributed by atoms with Gasteiger partial charge in [-0.3, -0.25) is 19.3 Å². The van der Waals surface area contributed by atoms with E-state index in [0.717, 1.165) is 31.2 Å². The molecule has 1 saturated heterocycles. The molecule has 1 heterocycles. The predicted molar refractivity (Wildman–Crippen MR) is 94.8 cm³/mol. The Hall–Kier alpha value is -1.88. The normalized spacial score (nSPS) is 24.2. The van der Waals surface area contributed by atoms with E-state index in [2.05, 4.69) is 5.32 Å². The zero-order valence-corrected chi connectivity index (χ0v) is 15.1. The van der Waals surface area contributed by atoms with Crippen LogP contribution in [-0.2, 0) is 14.4 Å². The van der Waals surface area contributed by atoms with E-state index in [1.807, 2.05) is 19.1 Å². The van der Waals surface area contributed by atoms with E-state index in [1.54, 1.807) is 12.1 Å². The van der Waals surface area contributed by atoms with E-state index < -0.39 is 0 Å². The zero-order chi connectivity index (χ0) is 18.0. The van der Waals surface area contributed by atoms with Gasteiger partial charge in [-0.1, -0.05) is 36.6 Å². The van der Waals surface area contributed by atoms with Crippen LogP contribution >= 0.6 is 11.6 Å². The molecule has 0 radical (unpaired) electrons. The Bertz CT molecular complexity index is 650. The second-order valence-electron chi connectivity index (χ2n) is 6.92. The molecule has 0 aromatic heterocycles. The average Bonchev–Trinajstić information content (AvgIpc) is 2.85. The topological polar surface area (TPSA) is 66.5 Å². The van der Waals surface area contributed by atoms with Crippen molar-refractivity contribution in [3.63, 3.8) is 0 Å². The third kappa shape index (κ3) is 3.87. The Morgan fingerprint density at radius 3 is 2.28 bits per heavy atom. The van der Waals surface area contributed by atoms with Crippen LogP contribution in [0.2, 0.25) is 5.02 Å². The van der Waals surface area contributed by atoms with Gasteiger partial charge in [0.2, 0.25) is 17.7 Å². The number of carbonyl (C=O) groups is 3. The maximum atomic E-state index is 12.4. The Morgan fingerprint density at radius 1 is 1.16 bits per heavy atom. The van der Waals surface area contributed by atoms with E-state index in [1.165, 1.54) is 4.90 Å². The van der Waals surface area contributed by atoms with Crippen molar-refractivity contribution in [2.24, 2.45) is 11.8 Å². The second kappa shape index (κ2) is 7.56. The van der Waals surface area contributed by atoms with Crippen molar-refractivity contribution in [3.8, 4) is 0 Å². The quantitative estimate of drug-likeness (QED) is 0.818. The highest BCUT2D eigenvalue weighted by Crippen LogP contribution is 2.37. The molecule has 1 aromatic carbocycles. The molecule has 3 amide bonds. The number of fused-ring (bicyclic) bond motifs is 1. The standard InChI is InChI=1S/C19H23ClN2O3/c1-12(13-6-8-14(20)9-7-13)21-17(23)10-11-22-18(24)15-4-2-3-5-16(15)19(22)25/h6-9,12,15-16H,2-5,10-11H2,1H3,(H,21,23)/t12-,15-,16+/m1/s1. The first-order valence-corrected chi connectivity index (χ1v) is 9.25. The summed E-state index contributed by atoms with van der Waals surface area (Å²) in [5.41, 5.74) is 0.956. The van der Waals surface area contributed by atoms with Gasteiger partial charge >= 0.3 is 0 Å². The van der Waals surface area contributed by atoms with Crippen LogP contribution in [0.25, 0.3) is 0 Å². The average molecular weight is 363 g/mol. The molecule has 2 fully saturated rings. The number of hydrogen-bond acceptors (Lipinski definition) is 3. The number of nitrogens with one attached hydrogen (secondary N) is 1. The monoisotopic (exact) mass is 362 g/mol. The highest BCUT2D eigenvalue weighted by atomic mass is 35.5. The Morgan fingerprint density at radius 2 is 1.72 bits per heavy atom. The smallest absolute Gasteiger partial charge is 0.233 e. The largest absolute Gasteiger partial charge is 0.350 e. The number of imide groups is 1. The van der Waals surface area contributed by atoms with Crippen molar-refractivity contribution in [1.82, 2.24) is 10.2 Å². The first kappa shape index (κ1) is 17.9. The highest BCUT2D eigenvalue weighted by Gasteiger charge is 2.47. The maximum absolute atomic E-state index is 12.4. The van der Waals surface area contributed by atoms with E-state index in [9.17, 15) is 14.4 Å². The van der Waals surface area contributed by atoms with Gasteiger partial charge in [0.1, 0.15) is 0 Å². The fraction of sp³-hybridized carbons (Fsp3) is 0.526. The van der Waals surface area contributed by atoms with Gasteiger partial charge in [0.25, 0.3) is 0 Å². The number of hydrogen-bond donors (Lipinski definition) is 1. The van der Waals surface area contributed by atoms with Gasteiger partial charge in [-0.25, -0.2) is 0 Å². The van der Waals surface area contributed by atoms with Crippen molar-refractivity contribution < 1.29 is 14.4 Å². The lowest BCUT2D eigenvalue weighted by Gasteiger charge is -2.19. The van der Waals surface area contributed by atoms with Crippen LogP contribution in [0.4, 0.5) is 0 Å². The molecule has 3 rings (SSSR count). The number of nitrogens with zero attached hydrogens (tertiary/aromatic N) is 1. The number of benzene rings is 1. The lowest BCUT2D eigenvalue weighted by Crippen LogP contribution is -2.36. The number of likely N-dealkylation sites (tertiary alicyclic amines) is 1. The molecule has 1 N–H and O–H groups in total. The molecule has 1 saturated carbocycles. The van der Waals surface area contributed by atoms with E-state index in [-0.39, 0.29) is 48.6 Å². The SMILES string of the molecule is C[C@@H](NC(=O)CCN1C(=O)[C@H]2CCCC[C@H]2C1=O)c1ccc(Cl)cc1. The lowest BCUT2D eigenvalue weighted by atomic mass is 9.81. The summed E-state index contributed by atoms with van der Waals surface area (Å²) in [4.78, 5) is 38.3. The molecule has 0 spiro atoms. The number of rotatable bonds is 5. The minimum Gasteiger partial charge on any atom is -0.350 e. The first-order valence-electron chi connectivity index (χ1n) is 8.87. The number of amides is 3. The van der Waals surface area contributed by atoms with Crippen LogP contribution < -0.4 is 5.32 Å². The van der Waals surface area contributed by atoms with Crippen LogP contribution in [-0.4, -0.2) is 29.2 Å². The van der Waals surface area contributed by atoms with Crippen molar-refractivity contribution in [1.29, 1.82) is 0 Å². The summed E-state index contributed by atoms with van der Waals surface area (Å²) in [5.74, 6) is -0.658. The molecule has 3 atom stereocenters. The Kier molecular flexibility index (Phi) is 5.42. The zero-order valence-electron chi connectivity index (χ0n) is 14.3. The molecule has 1 aliphatic heterocycles. The van der Waals surface area contributed by atoms with Crippen molar-refractivity contribution >= 4 is 29.3 Å².